The molecule has 0 aromatic carbocycles. The minimum atomic E-state index is 0.154. The molecule has 17 heavy (non-hydrogen) atoms. The minimum Gasteiger partial charge on any atom is -0.364 e. The van der Waals surface area contributed by atoms with Crippen LogP contribution in [0, 0.1) is 5.41 Å². The average Bonchev–Trinajstić information content (AvgIpc) is 3.04. The second-order valence-corrected chi connectivity index (χ2v) is 6.56. The van der Waals surface area contributed by atoms with Crippen molar-refractivity contribution in [2.24, 2.45) is 10.4 Å². The van der Waals surface area contributed by atoms with Crippen LogP contribution in [0.1, 0.15) is 33.1 Å². The smallest absolute Gasteiger partial charge is 0.221 e. The van der Waals surface area contributed by atoms with Gasteiger partial charge in [-0.25, -0.2) is 0 Å². The maximum Gasteiger partial charge on any atom is 0.221 e. The quantitative estimate of drug-likeness (QED) is 0.798. The Morgan fingerprint density at radius 1 is 1.53 bits per heavy atom. The van der Waals surface area contributed by atoms with E-state index >= 15 is 0 Å². The molecule has 1 aliphatic heterocycles. The number of amides is 1. The summed E-state index contributed by atoms with van der Waals surface area (Å²) in [6.45, 7) is 6.01. The SMILES string of the molecule is CC1(C)CN=C(NCCC(=O)NC2CC2)SC1. The average molecular weight is 255 g/mol. The third-order valence-corrected chi connectivity index (χ3v) is 4.29. The van der Waals surface area contributed by atoms with Crippen LogP contribution in [0.2, 0.25) is 0 Å². The van der Waals surface area contributed by atoms with E-state index in [1.807, 2.05) is 0 Å². The molecule has 0 unspecified atom stereocenters. The van der Waals surface area contributed by atoms with Gasteiger partial charge in [0.1, 0.15) is 0 Å². The maximum atomic E-state index is 11.4. The Morgan fingerprint density at radius 2 is 2.29 bits per heavy atom. The van der Waals surface area contributed by atoms with Gasteiger partial charge < -0.3 is 10.6 Å². The van der Waals surface area contributed by atoms with Crippen molar-refractivity contribution in [1.82, 2.24) is 10.6 Å². The van der Waals surface area contributed by atoms with Crippen LogP contribution in [0.5, 0.6) is 0 Å². The number of carbonyl (C=O) groups excluding carboxylic acids is 1. The van der Waals surface area contributed by atoms with E-state index in [0.29, 0.717) is 24.4 Å². The molecule has 0 radical (unpaired) electrons. The fourth-order valence-electron chi connectivity index (χ4n) is 1.56. The monoisotopic (exact) mass is 255 g/mol. The van der Waals surface area contributed by atoms with Gasteiger partial charge in [0, 0.05) is 31.3 Å². The zero-order chi connectivity index (χ0) is 12.3. The normalized spacial score (nSPS) is 22.8. The largest absolute Gasteiger partial charge is 0.364 e. The second kappa shape index (κ2) is 5.29. The molecular weight excluding hydrogens is 234 g/mol. The van der Waals surface area contributed by atoms with Crippen molar-refractivity contribution in [1.29, 1.82) is 0 Å². The standard InChI is InChI=1S/C12H21N3OS/c1-12(2)7-14-11(17-8-12)13-6-5-10(16)15-9-3-4-9/h9H,3-8H2,1-2H3,(H,13,14)(H,15,16). The highest BCUT2D eigenvalue weighted by Gasteiger charge is 2.24. The number of aliphatic imine (C=N–C) groups is 1. The van der Waals surface area contributed by atoms with Gasteiger partial charge in [-0.3, -0.25) is 9.79 Å². The van der Waals surface area contributed by atoms with Crippen LogP contribution < -0.4 is 10.6 Å². The van der Waals surface area contributed by atoms with Crippen LogP contribution in [0.25, 0.3) is 0 Å². The summed E-state index contributed by atoms with van der Waals surface area (Å²) in [7, 11) is 0. The maximum absolute atomic E-state index is 11.4. The van der Waals surface area contributed by atoms with Crippen molar-refractivity contribution in [2.45, 2.75) is 39.2 Å². The first-order chi connectivity index (χ1) is 8.05. The van der Waals surface area contributed by atoms with Crippen molar-refractivity contribution < 1.29 is 4.79 Å². The molecule has 96 valence electrons. The van der Waals surface area contributed by atoms with Crippen LogP contribution in [-0.4, -0.2) is 36.0 Å². The predicted octanol–water partition coefficient (Wildman–Crippen LogP) is 1.37. The lowest BCUT2D eigenvalue weighted by molar-refractivity contribution is -0.121. The van der Waals surface area contributed by atoms with E-state index in [4.69, 9.17) is 0 Å². The third-order valence-electron chi connectivity index (χ3n) is 2.82. The molecule has 1 aliphatic carbocycles. The summed E-state index contributed by atoms with van der Waals surface area (Å²) in [6.07, 6.45) is 2.84. The van der Waals surface area contributed by atoms with Crippen molar-refractivity contribution >= 4 is 22.8 Å². The number of hydrogen-bond acceptors (Lipinski definition) is 4. The van der Waals surface area contributed by atoms with Gasteiger partial charge in [-0.05, 0) is 18.3 Å². The zero-order valence-electron chi connectivity index (χ0n) is 10.6. The highest BCUT2D eigenvalue weighted by Crippen LogP contribution is 2.26. The lowest BCUT2D eigenvalue weighted by Gasteiger charge is -2.27. The van der Waals surface area contributed by atoms with E-state index in [9.17, 15) is 4.79 Å². The summed E-state index contributed by atoms with van der Waals surface area (Å²) in [4.78, 5) is 15.9. The van der Waals surface area contributed by atoms with E-state index in [0.717, 1.165) is 30.3 Å². The molecular formula is C12H21N3OS. The van der Waals surface area contributed by atoms with Gasteiger partial charge >= 0.3 is 0 Å². The summed E-state index contributed by atoms with van der Waals surface area (Å²) in [5, 5.41) is 7.20. The molecule has 1 fully saturated rings. The van der Waals surface area contributed by atoms with Crippen LogP contribution in [0.4, 0.5) is 0 Å². The summed E-state index contributed by atoms with van der Waals surface area (Å²) in [5.74, 6) is 1.24. The Hall–Kier alpha value is -0.710. The number of nitrogens with one attached hydrogen (secondary N) is 2. The van der Waals surface area contributed by atoms with E-state index in [1.54, 1.807) is 11.8 Å². The molecule has 0 aromatic heterocycles. The van der Waals surface area contributed by atoms with Gasteiger partial charge in [-0.2, -0.15) is 0 Å². The van der Waals surface area contributed by atoms with Gasteiger partial charge in [-0.1, -0.05) is 25.6 Å². The van der Waals surface area contributed by atoms with E-state index in [1.165, 1.54) is 0 Å². The molecule has 2 N–H and O–H groups in total. The summed E-state index contributed by atoms with van der Waals surface area (Å²) in [6, 6.07) is 0.463. The van der Waals surface area contributed by atoms with E-state index in [2.05, 4.69) is 29.5 Å². The predicted molar refractivity (Wildman–Crippen MR) is 72.3 cm³/mol. The fourth-order valence-corrected chi connectivity index (χ4v) is 2.54. The van der Waals surface area contributed by atoms with Crippen molar-refractivity contribution in [3.8, 4) is 0 Å². The first kappa shape index (κ1) is 12.7. The molecule has 4 nitrogen and oxygen atoms in total. The second-order valence-electron chi connectivity index (χ2n) is 5.59. The zero-order valence-corrected chi connectivity index (χ0v) is 11.4. The van der Waals surface area contributed by atoms with Crippen LogP contribution in [-0.2, 0) is 4.79 Å². The molecule has 1 saturated carbocycles. The molecule has 1 heterocycles. The van der Waals surface area contributed by atoms with Crippen LogP contribution in [0.3, 0.4) is 0 Å². The van der Waals surface area contributed by atoms with Crippen molar-refractivity contribution in [3.05, 3.63) is 0 Å². The molecule has 2 aliphatic rings. The molecule has 2 rings (SSSR count). The van der Waals surface area contributed by atoms with E-state index < -0.39 is 0 Å². The van der Waals surface area contributed by atoms with Gasteiger partial charge in [0.25, 0.3) is 0 Å². The van der Waals surface area contributed by atoms with Crippen LogP contribution >= 0.6 is 11.8 Å². The number of amidine groups is 1. The summed E-state index contributed by atoms with van der Waals surface area (Å²) < 4.78 is 0. The molecule has 0 atom stereocenters. The van der Waals surface area contributed by atoms with Crippen molar-refractivity contribution in [3.63, 3.8) is 0 Å². The summed E-state index contributed by atoms with van der Waals surface area (Å²) >= 11 is 1.76. The van der Waals surface area contributed by atoms with Crippen molar-refractivity contribution in [2.75, 3.05) is 18.8 Å². The third kappa shape index (κ3) is 4.58. The van der Waals surface area contributed by atoms with Gasteiger partial charge in [0.05, 0.1) is 0 Å². The Kier molecular flexibility index (Phi) is 3.97. The molecule has 1 amide bonds. The number of rotatable bonds is 4. The molecule has 0 saturated heterocycles. The Bertz CT molecular complexity index is 324. The number of carbonyl (C=O) groups is 1. The van der Waals surface area contributed by atoms with Gasteiger partial charge in [0.2, 0.25) is 5.91 Å². The molecule has 0 bridgehead atoms. The molecule has 0 spiro atoms. The lowest BCUT2D eigenvalue weighted by Crippen LogP contribution is -2.34. The van der Waals surface area contributed by atoms with E-state index in [-0.39, 0.29) is 5.91 Å². The first-order valence-electron chi connectivity index (χ1n) is 6.26. The summed E-state index contributed by atoms with van der Waals surface area (Å²) in [5.41, 5.74) is 0.305. The van der Waals surface area contributed by atoms with Gasteiger partial charge in [-0.15, -0.1) is 0 Å². The number of thioether (sulfide) groups is 1. The Balaban J connectivity index is 1.61. The minimum absolute atomic E-state index is 0.154. The Morgan fingerprint density at radius 3 is 2.88 bits per heavy atom. The Labute approximate surface area is 107 Å². The highest BCUT2D eigenvalue weighted by atomic mass is 32.2. The molecule has 0 aromatic rings. The first-order valence-corrected chi connectivity index (χ1v) is 7.24. The fraction of sp³-hybridized carbons (Fsp3) is 0.833. The lowest BCUT2D eigenvalue weighted by atomic mass is 9.97. The number of hydrogen-bond donors (Lipinski definition) is 2. The van der Waals surface area contributed by atoms with Gasteiger partial charge in [0.15, 0.2) is 5.17 Å². The van der Waals surface area contributed by atoms with Crippen LogP contribution in [0.15, 0.2) is 4.99 Å². The number of nitrogens with zero attached hydrogens (tertiary/aromatic N) is 1. The molecule has 5 heteroatoms. The highest BCUT2D eigenvalue weighted by molar-refractivity contribution is 8.13. The topological polar surface area (TPSA) is 53.5 Å².